The molecular weight excluding hydrogens is 545 g/mol. The fourth-order valence-electron chi connectivity index (χ4n) is 5.79. The summed E-state index contributed by atoms with van der Waals surface area (Å²) in [7, 11) is 0. The Kier molecular flexibility index (Phi) is 11.0. The molecule has 0 aliphatic carbocycles. The van der Waals surface area contributed by atoms with Crippen LogP contribution >= 0.6 is 0 Å². The van der Waals surface area contributed by atoms with Crippen molar-refractivity contribution in [1.29, 1.82) is 0 Å². The number of rotatable bonds is 15. The quantitative estimate of drug-likeness (QED) is 0.148. The van der Waals surface area contributed by atoms with Gasteiger partial charge in [-0.05, 0) is 58.6 Å². The Morgan fingerprint density at radius 1 is 1.05 bits per heavy atom. The van der Waals surface area contributed by atoms with E-state index in [0.29, 0.717) is 31.9 Å². The average molecular weight is 589 g/mol. The Morgan fingerprint density at radius 3 is 2.40 bits per heavy atom. The van der Waals surface area contributed by atoms with Crippen molar-refractivity contribution >= 4 is 16.9 Å². The van der Waals surface area contributed by atoms with Gasteiger partial charge in [-0.2, -0.15) is 0 Å². The SMILES string of the molecule is CCOC(=O)COCCCCCCCOc1cc(F)c([C@@H]2c3[nH]c4ccccc4c3C[C@@H](C)N2CC(C)(C)F)c(F)c1. The minimum atomic E-state index is -1.55. The predicted molar refractivity (Wildman–Crippen MR) is 158 cm³/mol. The van der Waals surface area contributed by atoms with Crippen molar-refractivity contribution in [2.24, 2.45) is 0 Å². The number of alkyl halides is 1. The first-order valence-electron chi connectivity index (χ1n) is 15.0. The van der Waals surface area contributed by atoms with Gasteiger partial charge in [-0.25, -0.2) is 18.0 Å². The minimum absolute atomic E-state index is 0.0256. The van der Waals surface area contributed by atoms with Crippen LogP contribution in [-0.2, 0) is 20.7 Å². The van der Waals surface area contributed by atoms with E-state index in [-0.39, 0.29) is 36.5 Å². The normalized spacial score (nSPS) is 17.4. The highest BCUT2D eigenvalue weighted by Gasteiger charge is 2.41. The maximum absolute atomic E-state index is 15.8. The summed E-state index contributed by atoms with van der Waals surface area (Å²) in [4.78, 5) is 16.5. The molecule has 9 heteroatoms. The summed E-state index contributed by atoms with van der Waals surface area (Å²) in [5.74, 6) is -1.64. The van der Waals surface area contributed by atoms with Crippen molar-refractivity contribution < 1.29 is 32.2 Å². The predicted octanol–water partition coefficient (Wildman–Crippen LogP) is 7.44. The zero-order valence-corrected chi connectivity index (χ0v) is 25.1. The van der Waals surface area contributed by atoms with Crippen LogP contribution in [0.1, 0.15) is 82.7 Å². The van der Waals surface area contributed by atoms with Crippen LogP contribution in [0, 0.1) is 11.6 Å². The first-order chi connectivity index (χ1) is 20.1. The van der Waals surface area contributed by atoms with Gasteiger partial charge in [0.15, 0.2) is 0 Å². The molecule has 6 nitrogen and oxygen atoms in total. The molecule has 1 N–H and O–H groups in total. The smallest absolute Gasteiger partial charge is 0.332 e. The highest BCUT2D eigenvalue weighted by Crippen LogP contribution is 2.43. The van der Waals surface area contributed by atoms with Gasteiger partial charge >= 0.3 is 5.97 Å². The Morgan fingerprint density at radius 2 is 1.71 bits per heavy atom. The zero-order valence-electron chi connectivity index (χ0n) is 25.1. The number of hydrogen-bond donors (Lipinski definition) is 1. The number of ether oxygens (including phenoxy) is 3. The number of H-pyrrole nitrogens is 1. The number of nitrogens with zero attached hydrogens (tertiary/aromatic N) is 1. The van der Waals surface area contributed by atoms with Crippen molar-refractivity contribution in [1.82, 2.24) is 9.88 Å². The Labute approximate surface area is 246 Å². The van der Waals surface area contributed by atoms with E-state index in [4.69, 9.17) is 14.2 Å². The molecule has 1 aromatic heterocycles. The lowest BCUT2D eigenvalue weighted by molar-refractivity contribution is -0.148. The lowest BCUT2D eigenvalue weighted by atomic mass is 9.87. The number of aromatic amines is 1. The molecule has 4 rings (SSSR count). The van der Waals surface area contributed by atoms with Crippen LogP contribution in [0.15, 0.2) is 36.4 Å². The number of carbonyl (C=O) groups excluding carboxylic acids is 1. The minimum Gasteiger partial charge on any atom is -0.493 e. The summed E-state index contributed by atoms with van der Waals surface area (Å²) in [6.45, 7) is 7.90. The van der Waals surface area contributed by atoms with Gasteiger partial charge in [0.2, 0.25) is 0 Å². The monoisotopic (exact) mass is 588 g/mol. The summed E-state index contributed by atoms with van der Waals surface area (Å²) < 4.78 is 62.3. The lowest BCUT2D eigenvalue weighted by Crippen LogP contribution is -2.48. The van der Waals surface area contributed by atoms with E-state index < -0.39 is 23.3 Å². The van der Waals surface area contributed by atoms with E-state index in [0.717, 1.165) is 48.6 Å². The topological polar surface area (TPSA) is 63.8 Å². The zero-order chi connectivity index (χ0) is 30.3. The molecule has 1 aliphatic rings. The third kappa shape index (κ3) is 8.07. The molecule has 0 amide bonds. The Bertz CT molecular complexity index is 1310. The molecule has 0 spiro atoms. The second kappa shape index (κ2) is 14.4. The van der Waals surface area contributed by atoms with E-state index in [9.17, 15) is 9.18 Å². The Balaban J connectivity index is 1.39. The van der Waals surface area contributed by atoms with Gasteiger partial charge < -0.3 is 19.2 Å². The van der Waals surface area contributed by atoms with Crippen molar-refractivity contribution in [3.8, 4) is 5.75 Å². The number of hydrogen-bond acceptors (Lipinski definition) is 5. The third-order valence-corrected chi connectivity index (χ3v) is 7.63. The van der Waals surface area contributed by atoms with Crippen molar-refractivity contribution in [2.75, 3.05) is 33.0 Å². The molecule has 0 fully saturated rings. The maximum atomic E-state index is 15.8. The van der Waals surface area contributed by atoms with Crippen LogP contribution in [-0.4, -0.2) is 60.5 Å². The summed E-state index contributed by atoms with van der Waals surface area (Å²) in [6, 6.07) is 9.36. The van der Waals surface area contributed by atoms with Crippen LogP contribution in [0.25, 0.3) is 10.9 Å². The average Bonchev–Trinajstić information content (AvgIpc) is 3.28. The van der Waals surface area contributed by atoms with Gasteiger partial charge in [0.25, 0.3) is 0 Å². The van der Waals surface area contributed by atoms with Gasteiger partial charge in [-0.3, -0.25) is 4.90 Å². The number of benzene rings is 2. The first kappa shape index (κ1) is 31.9. The van der Waals surface area contributed by atoms with E-state index in [2.05, 4.69) is 4.98 Å². The molecule has 3 aromatic rings. The number of nitrogens with one attached hydrogen (secondary N) is 1. The molecule has 0 saturated heterocycles. The van der Waals surface area contributed by atoms with E-state index in [1.54, 1.807) is 6.92 Å². The molecule has 2 atom stereocenters. The van der Waals surface area contributed by atoms with Gasteiger partial charge in [0.1, 0.15) is 29.7 Å². The molecule has 2 heterocycles. The summed E-state index contributed by atoms with van der Waals surface area (Å²) >= 11 is 0. The van der Waals surface area contributed by atoms with Gasteiger partial charge in [0, 0.05) is 53.5 Å². The molecule has 0 radical (unpaired) electrons. The molecule has 42 heavy (non-hydrogen) atoms. The lowest BCUT2D eigenvalue weighted by Gasteiger charge is -2.43. The van der Waals surface area contributed by atoms with E-state index in [1.807, 2.05) is 36.1 Å². The number of carbonyl (C=O) groups is 1. The van der Waals surface area contributed by atoms with Crippen molar-refractivity contribution in [3.05, 3.63) is 64.9 Å². The van der Waals surface area contributed by atoms with Crippen LogP contribution in [0.5, 0.6) is 5.75 Å². The standard InChI is InChI=1S/C33H43F3N2O4/c1-5-41-29(39)20-40-15-11-7-6-8-12-16-42-23-18-26(34)30(27(35)19-23)32-31-25(24-13-9-10-14-28(24)37-31)17-22(2)38(32)21-33(3,4)36/h9-10,13-14,18-19,22,32,37H,5-8,11-12,15-17,20-21H2,1-4H3/t22-,32-/m1/s1. The number of esters is 1. The maximum Gasteiger partial charge on any atom is 0.332 e. The molecule has 230 valence electrons. The fraction of sp³-hybridized carbons (Fsp3) is 0.545. The summed E-state index contributed by atoms with van der Waals surface area (Å²) in [6.07, 6.45) is 5.04. The number of fused-ring (bicyclic) bond motifs is 3. The van der Waals surface area contributed by atoms with Crippen LogP contribution < -0.4 is 4.74 Å². The molecule has 2 aromatic carbocycles. The van der Waals surface area contributed by atoms with Crippen LogP contribution in [0.3, 0.4) is 0 Å². The number of aromatic nitrogens is 1. The second-order valence-corrected chi connectivity index (χ2v) is 11.7. The van der Waals surface area contributed by atoms with E-state index >= 15 is 8.78 Å². The van der Waals surface area contributed by atoms with Crippen LogP contribution in [0.4, 0.5) is 13.2 Å². The van der Waals surface area contributed by atoms with Crippen molar-refractivity contribution in [2.45, 2.75) is 84.0 Å². The van der Waals surface area contributed by atoms with Gasteiger partial charge in [-0.1, -0.05) is 37.5 Å². The number of unbranched alkanes of at least 4 members (excludes halogenated alkanes) is 4. The second-order valence-electron chi connectivity index (χ2n) is 11.7. The summed E-state index contributed by atoms with van der Waals surface area (Å²) in [5.41, 5.74) is 0.959. The highest BCUT2D eigenvalue weighted by molar-refractivity contribution is 5.85. The number of halogens is 3. The van der Waals surface area contributed by atoms with Crippen LogP contribution in [0.2, 0.25) is 0 Å². The van der Waals surface area contributed by atoms with E-state index in [1.165, 1.54) is 26.0 Å². The Hall–Kier alpha value is -3.04. The molecule has 1 aliphatic heterocycles. The molecular formula is C33H43F3N2O4. The largest absolute Gasteiger partial charge is 0.493 e. The summed E-state index contributed by atoms with van der Waals surface area (Å²) in [5, 5.41) is 1.02. The third-order valence-electron chi connectivity index (χ3n) is 7.63. The molecule has 0 unspecified atom stereocenters. The number of para-hydroxylation sites is 1. The van der Waals surface area contributed by atoms with Gasteiger partial charge in [0.05, 0.1) is 19.3 Å². The molecule has 0 saturated carbocycles. The fourth-order valence-corrected chi connectivity index (χ4v) is 5.79. The molecule has 0 bridgehead atoms. The highest BCUT2D eigenvalue weighted by atomic mass is 19.1. The van der Waals surface area contributed by atoms with Gasteiger partial charge in [-0.15, -0.1) is 0 Å². The first-order valence-corrected chi connectivity index (χ1v) is 15.0. The van der Waals surface area contributed by atoms with Crippen molar-refractivity contribution in [3.63, 3.8) is 0 Å².